The van der Waals surface area contributed by atoms with Crippen molar-refractivity contribution >= 4 is 22.5 Å². The number of nitro groups is 1. The molecule has 0 saturated heterocycles. The highest BCUT2D eigenvalue weighted by Gasteiger charge is 2.17. The van der Waals surface area contributed by atoms with Crippen molar-refractivity contribution in [1.82, 2.24) is 9.97 Å². The van der Waals surface area contributed by atoms with Gasteiger partial charge in [-0.2, -0.15) is 0 Å². The van der Waals surface area contributed by atoms with Crippen LogP contribution in [0, 0.1) is 24.0 Å². The van der Waals surface area contributed by atoms with Crippen molar-refractivity contribution < 1.29 is 15.1 Å². The minimum Gasteiger partial charge on any atom is -0.512 e. The smallest absolute Gasteiger partial charge is 0.274 e. The summed E-state index contributed by atoms with van der Waals surface area (Å²) in [6, 6.07) is 1.34. The molecule has 7 nitrogen and oxygen atoms in total. The Bertz CT molecular complexity index is 710. The van der Waals surface area contributed by atoms with Crippen molar-refractivity contribution in [2.45, 2.75) is 13.8 Å². The SMILES string of the molecule is Cc1c([N+](=O)[O-])cc2ncc(C(O)=CO)nc2c1C. The van der Waals surface area contributed by atoms with Gasteiger partial charge < -0.3 is 10.2 Å². The van der Waals surface area contributed by atoms with Crippen LogP contribution in [-0.2, 0) is 0 Å². The fourth-order valence-electron chi connectivity index (χ4n) is 1.77. The number of hydrogen-bond acceptors (Lipinski definition) is 6. The first-order valence-electron chi connectivity index (χ1n) is 5.40. The number of aryl methyl sites for hydroxylation is 1. The van der Waals surface area contributed by atoms with Crippen LogP contribution in [0.5, 0.6) is 0 Å². The van der Waals surface area contributed by atoms with Crippen molar-refractivity contribution in [3.8, 4) is 0 Å². The number of hydrogen-bond donors (Lipinski definition) is 2. The van der Waals surface area contributed by atoms with Gasteiger partial charge in [-0.3, -0.25) is 15.1 Å². The monoisotopic (exact) mass is 261 g/mol. The Morgan fingerprint density at radius 3 is 2.68 bits per heavy atom. The minimum atomic E-state index is -0.470. The Labute approximate surface area is 108 Å². The molecule has 1 heterocycles. The van der Waals surface area contributed by atoms with E-state index in [9.17, 15) is 15.2 Å². The Kier molecular flexibility index (Phi) is 3.04. The maximum absolute atomic E-state index is 10.9. The molecule has 0 saturated carbocycles. The van der Waals surface area contributed by atoms with E-state index in [0.29, 0.717) is 28.4 Å². The number of aliphatic hydroxyl groups is 2. The van der Waals surface area contributed by atoms with Crippen LogP contribution in [0.4, 0.5) is 5.69 Å². The third-order valence-electron chi connectivity index (χ3n) is 2.96. The van der Waals surface area contributed by atoms with Crippen LogP contribution in [0.15, 0.2) is 18.5 Å². The number of benzene rings is 1. The molecule has 0 radical (unpaired) electrons. The molecule has 2 rings (SSSR count). The number of aromatic nitrogens is 2. The van der Waals surface area contributed by atoms with Gasteiger partial charge in [0.2, 0.25) is 0 Å². The molecule has 0 unspecified atom stereocenters. The second kappa shape index (κ2) is 4.52. The molecule has 0 atom stereocenters. The van der Waals surface area contributed by atoms with Gasteiger partial charge in [-0.1, -0.05) is 0 Å². The summed E-state index contributed by atoms with van der Waals surface area (Å²) in [4.78, 5) is 18.6. The van der Waals surface area contributed by atoms with Gasteiger partial charge in [0, 0.05) is 11.6 Å². The van der Waals surface area contributed by atoms with E-state index in [1.54, 1.807) is 13.8 Å². The molecule has 0 amide bonds. The molecular formula is C12H11N3O4. The van der Waals surface area contributed by atoms with Crippen LogP contribution in [0.2, 0.25) is 0 Å². The molecule has 0 bridgehead atoms. The van der Waals surface area contributed by atoms with Gasteiger partial charge in [-0.15, -0.1) is 0 Å². The van der Waals surface area contributed by atoms with Crippen molar-refractivity contribution in [2.75, 3.05) is 0 Å². The molecule has 19 heavy (non-hydrogen) atoms. The van der Waals surface area contributed by atoms with Crippen LogP contribution < -0.4 is 0 Å². The molecule has 7 heteroatoms. The second-order valence-electron chi connectivity index (χ2n) is 4.04. The van der Waals surface area contributed by atoms with Gasteiger partial charge >= 0.3 is 0 Å². The summed E-state index contributed by atoms with van der Waals surface area (Å²) in [7, 11) is 0. The maximum atomic E-state index is 10.9. The zero-order chi connectivity index (χ0) is 14.2. The normalized spacial score (nSPS) is 11.8. The number of fused-ring (bicyclic) bond motifs is 1. The standard InChI is InChI=1S/C12H11N3O4/c1-6-7(2)12-8(3-10(6)15(18)19)13-4-9(14-12)11(17)5-16/h3-5,16-17H,1-2H3. The molecule has 2 N–H and O–H groups in total. The van der Waals surface area contributed by atoms with Crippen molar-refractivity contribution in [3.05, 3.63) is 45.5 Å². The number of rotatable bonds is 2. The van der Waals surface area contributed by atoms with E-state index >= 15 is 0 Å². The van der Waals surface area contributed by atoms with E-state index in [1.807, 2.05) is 0 Å². The third kappa shape index (κ3) is 2.05. The summed E-state index contributed by atoms with van der Waals surface area (Å²) < 4.78 is 0. The number of nitro benzene ring substituents is 1. The topological polar surface area (TPSA) is 109 Å². The number of aliphatic hydroxyl groups excluding tert-OH is 2. The van der Waals surface area contributed by atoms with E-state index in [0.717, 1.165) is 0 Å². The Morgan fingerprint density at radius 2 is 2.11 bits per heavy atom. The van der Waals surface area contributed by atoms with Gasteiger partial charge in [-0.05, 0) is 19.4 Å². The Hall–Kier alpha value is -2.70. The van der Waals surface area contributed by atoms with Gasteiger partial charge in [0.15, 0.2) is 5.76 Å². The highest BCUT2D eigenvalue weighted by molar-refractivity contribution is 5.83. The fourth-order valence-corrected chi connectivity index (χ4v) is 1.77. The van der Waals surface area contributed by atoms with Crippen LogP contribution in [0.1, 0.15) is 16.8 Å². The predicted octanol–water partition coefficient (Wildman–Crippen LogP) is 2.57. The van der Waals surface area contributed by atoms with Gasteiger partial charge in [0.1, 0.15) is 12.0 Å². The van der Waals surface area contributed by atoms with E-state index < -0.39 is 10.7 Å². The van der Waals surface area contributed by atoms with Gasteiger partial charge in [0.25, 0.3) is 5.69 Å². The average molecular weight is 261 g/mol. The summed E-state index contributed by atoms with van der Waals surface area (Å²) in [6.45, 7) is 3.33. The van der Waals surface area contributed by atoms with Crippen LogP contribution >= 0.6 is 0 Å². The summed E-state index contributed by atoms with van der Waals surface area (Å²) in [5.41, 5.74) is 2.01. The van der Waals surface area contributed by atoms with Gasteiger partial charge in [0.05, 0.1) is 22.2 Å². The average Bonchev–Trinajstić information content (AvgIpc) is 2.41. The highest BCUT2D eigenvalue weighted by atomic mass is 16.6. The van der Waals surface area contributed by atoms with E-state index in [4.69, 9.17) is 5.11 Å². The second-order valence-corrected chi connectivity index (χ2v) is 4.04. The summed E-state index contributed by atoms with van der Waals surface area (Å²) in [5, 5.41) is 29.0. The zero-order valence-corrected chi connectivity index (χ0v) is 10.3. The Balaban J connectivity index is 2.78. The van der Waals surface area contributed by atoms with Crippen LogP contribution in [0.25, 0.3) is 16.8 Å². The number of nitrogens with zero attached hydrogens (tertiary/aromatic N) is 3. The molecule has 2 aromatic rings. The molecule has 0 spiro atoms. The lowest BCUT2D eigenvalue weighted by Crippen LogP contribution is -1.99. The lowest BCUT2D eigenvalue weighted by molar-refractivity contribution is -0.385. The van der Waals surface area contributed by atoms with Crippen LogP contribution in [-0.4, -0.2) is 25.1 Å². The summed E-state index contributed by atoms with van der Waals surface area (Å²) >= 11 is 0. The lowest BCUT2D eigenvalue weighted by atomic mass is 10.1. The molecule has 1 aromatic carbocycles. The molecule has 0 aliphatic carbocycles. The van der Waals surface area contributed by atoms with E-state index in [1.165, 1.54) is 12.3 Å². The molecule has 0 aliphatic heterocycles. The molecular weight excluding hydrogens is 250 g/mol. The van der Waals surface area contributed by atoms with E-state index in [-0.39, 0.29) is 11.4 Å². The maximum Gasteiger partial charge on any atom is 0.274 e. The quantitative estimate of drug-likeness (QED) is 0.488. The van der Waals surface area contributed by atoms with Crippen LogP contribution in [0.3, 0.4) is 0 Å². The van der Waals surface area contributed by atoms with E-state index in [2.05, 4.69) is 9.97 Å². The first-order valence-corrected chi connectivity index (χ1v) is 5.40. The van der Waals surface area contributed by atoms with Crippen molar-refractivity contribution in [1.29, 1.82) is 0 Å². The first-order chi connectivity index (χ1) is 8.95. The predicted molar refractivity (Wildman–Crippen MR) is 68.9 cm³/mol. The van der Waals surface area contributed by atoms with Crippen molar-refractivity contribution in [3.63, 3.8) is 0 Å². The van der Waals surface area contributed by atoms with Crippen molar-refractivity contribution in [2.24, 2.45) is 0 Å². The Morgan fingerprint density at radius 1 is 1.42 bits per heavy atom. The summed E-state index contributed by atoms with van der Waals surface area (Å²) in [6.07, 6.45) is 1.76. The fraction of sp³-hybridized carbons (Fsp3) is 0.167. The zero-order valence-electron chi connectivity index (χ0n) is 10.3. The molecule has 0 aliphatic rings. The minimum absolute atomic E-state index is 0.0195. The largest absolute Gasteiger partial charge is 0.512 e. The molecule has 98 valence electrons. The molecule has 0 fully saturated rings. The summed E-state index contributed by atoms with van der Waals surface area (Å²) in [5.74, 6) is -0.412. The third-order valence-corrected chi connectivity index (χ3v) is 2.96. The molecule has 1 aromatic heterocycles. The highest BCUT2D eigenvalue weighted by Crippen LogP contribution is 2.28. The van der Waals surface area contributed by atoms with Gasteiger partial charge in [-0.25, -0.2) is 4.98 Å². The first kappa shape index (κ1) is 12.7. The lowest BCUT2D eigenvalue weighted by Gasteiger charge is -2.07.